The normalized spacial score (nSPS) is 10.9. The predicted molar refractivity (Wildman–Crippen MR) is 114 cm³/mol. The fourth-order valence-corrected chi connectivity index (χ4v) is 3.95. The molecule has 0 aliphatic heterocycles. The van der Waals surface area contributed by atoms with Gasteiger partial charge in [-0.05, 0) is 47.7 Å². The zero-order chi connectivity index (χ0) is 22.0. The van der Waals surface area contributed by atoms with Crippen molar-refractivity contribution in [1.82, 2.24) is 15.0 Å². The Balaban J connectivity index is 1.68. The monoisotopic (exact) mass is 439 g/mol. The van der Waals surface area contributed by atoms with Crippen LogP contribution in [-0.2, 0) is 6.54 Å². The Labute approximate surface area is 181 Å². The zero-order valence-electron chi connectivity index (χ0n) is 16.7. The molecule has 0 spiro atoms. The van der Waals surface area contributed by atoms with Gasteiger partial charge in [-0.15, -0.1) is 0 Å². The summed E-state index contributed by atoms with van der Waals surface area (Å²) in [5, 5.41) is 11.5. The summed E-state index contributed by atoms with van der Waals surface area (Å²) in [6, 6.07) is 11.9. The molecule has 0 amide bonds. The largest absolute Gasteiger partial charge is 0.497 e. The molecule has 0 fully saturated rings. The Kier molecular flexibility index (Phi) is 5.58. The molecule has 10 nitrogen and oxygen atoms in total. The lowest BCUT2D eigenvalue weighted by Crippen LogP contribution is -2.36. The quantitative estimate of drug-likeness (QED) is 0.255. The van der Waals surface area contributed by atoms with Gasteiger partial charge in [0, 0.05) is 12.1 Å². The molecule has 0 unspecified atom stereocenters. The highest BCUT2D eigenvalue weighted by molar-refractivity contribution is 7.99. The fourth-order valence-electron chi connectivity index (χ4n) is 3.03. The SMILES string of the molecule is COc1ccc(OC)c(Sc2nc3c([nH]2)c(N)nc[n+]3Cc2ccc([N+](=O)[O-])cc2)c1. The van der Waals surface area contributed by atoms with Crippen LogP contribution >= 0.6 is 11.8 Å². The van der Waals surface area contributed by atoms with Crippen molar-refractivity contribution in [2.45, 2.75) is 16.6 Å². The van der Waals surface area contributed by atoms with Crippen LogP contribution in [0.1, 0.15) is 5.56 Å². The maximum Gasteiger partial charge on any atom is 0.295 e. The third kappa shape index (κ3) is 4.21. The summed E-state index contributed by atoms with van der Waals surface area (Å²) in [7, 11) is 3.20. The van der Waals surface area contributed by atoms with Gasteiger partial charge in [0.2, 0.25) is 17.3 Å². The van der Waals surface area contributed by atoms with Crippen molar-refractivity contribution < 1.29 is 19.0 Å². The van der Waals surface area contributed by atoms with E-state index in [9.17, 15) is 10.1 Å². The number of rotatable bonds is 7. The third-order valence-electron chi connectivity index (χ3n) is 4.60. The average Bonchev–Trinajstić information content (AvgIpc) is 3.21. The van der Waals surface area contributed by atoms with E-state index in [0.717, 1.165) is 10.5 Å². The molecule has 2 aromatic carbocycles. The second-order valence-corrected chi connectivity index (χ2v) is 7.57. The zero-order valence-corrected chi connectivity index (χ0v) is 17.5. The number of H-pyrrole nitrogens is 1. The molecular formula is C20H19N6O4S+. The summed E-state index contributed by atoms with van der Waals surface area (Å²) in [6.45, 7) is 0.430. The van der Waals surface area contributed by atoms with Gasteiger partial charge in [-0.25, -0.2) is 4.57 Å². The smallest absolute Gasteiger partial charge is 0.295 e. The summed E-state index contributed by atoms with van der Waals surface area (Å²) >= 11 is 1.38. The molecule has 0 bridgehead atoms. The minimum Gasteiger partial charge on any atom is -0.497 e. The van der Waals surface area contributed by atoms with Gasteiger partial charge in [0.05, 0.1) is 30.6 Å². The maximum absolute atomic E-state index is 10.9. The number of fused-ring (bicyclic) bond motifs is 1. The van der Waals surface area contributed by atoms with Crippen LogP contribution in [0.15, 0.2) is 58.8 Å². The molecular weight excluding hydrogens is 420 g/mol. The molecule has 31 heavy (non-hydrogen) atoms. The molecule has 0 aliphatic carbocycles. The predicted octanol–water partition coefficient (Wildman–Crippen LogP) is 2.95. The number of anilines is 1. The number of imidazole rings is 1. The molecule has 2 heterocycles. The molecule has 11 heteroatoms. The van der Waals surface area contributed by atoms with E-state index in [1.807, 2.05) is 22.8 Å². The van der Waals surface area contributed by atoms with E-state index in [4.69, 9.17) is 15.2 Å². The topological polar surface area (TPSA) is 133 Å². The van der Waals surface area contributed by atoms with Crippen LogP contribution in [0.3, 0.4) is 0 Å². The number of benzene rings is 2. The Morgan fingerprint density at radius 2 is 1.97 bits per heavy atom. The Hall–Kier alpha value is -3.86. The first-order valence-corrected chi connectivity index (χ1v) is 9.97. The lowest BCUT2D eigenvalue weighted by Gasteiger charge is -2.07. The van der Waals surface area contributed by atoms with E-state index in [1.54, 1.807) is 32.7 Å². The van der Waals surface area contributed by atoms with Crippen molar-refractivity contribution in [3.05, 3.63) is 64.5 Å². The number of nitrogen functional groups attached to an aromatic ring is 1. The van der Waals surface area contributed by atoms with Gasteiger partial charge in [-0.2, -0.15) is 0 Å². The number of non-ortho nitro benzene ring substituents is 1. The minimum atomic E-state index is -0.427. The van der Waals surface area contributed by atoms with E-state index >= 15 is 0 Å². The van der Waals surface area contributed by atoms with E-state index < -0.39 is 4.92 Å². The van der Waals surface area contributed by atoms with Crippen LogP contribution < -0.4 is 19.8 Å². The van der Waals surface area contributed by atoms with E-state index in [0.29, 0.717) is 40.2 Å². The maximum atomic E-state index is 10.9. The summed E-state index contributed by atoms with van der Waals surface area (Å²) in [6.07, 6.45) is 1.60. The highest BCUT2D eigenvalue weighted by atomic mass is 32.2. The van der Waals surface area contributed by atoms with Crippen LogP contribution in [0.2, 0.25) is 0 Å². The number of hydrogen-bond donors (Lipinski definition) is 2. The van der Waals surface area contributed by atoms with Gasteiger partial charge in [0.15, 0.2) is 5.52 Å². The Morgan fingerprint density at radius 1 is 1.19 bits per heavy atom. The Bertz CT molecular complexity index is 1260. The number of ether oxygens (including phenoxy) is 2. The van der Waals surface area contributed by atoms with Crippen LogP contribution in [0.4, 0.5) is 11.5 Å². The van der Waals surface area contributed by atoms with E-state index in [1.165, 1.54) is 23.9 Å². The number of methoxy groups -OCH3 is 2. The number of aromatic amines is 1. The molecule has 2 aromatic heterocycles. The lowest BCUT2D eigenvalue weighted by atomic mass is 10.2. The second-order valence-electron chi connectivity index (χ2n) is 6.54. The molecule has 0 saturated heterocycles. The van der Waals surface area contributed by atoms with Gasteiger partial charge in [0.25, 0.3) is 11.3 Å². The standard InChI is InChI=1S/C20H18N6O4S/c1-29-14-7-8-15(30-2)16(9-14)31-20-23-17-18(21)22-11-25(19(17)24-20)10-12-3-5-13(6-4-12)26(27)28/h3-9,11H,10H2,1-2H3,(H2,21,23,24)/p+1. The van der Waals surface area contributed by atoms with Gasteiger partial charge in [-0.1, -0.05) is 9.97 Å². The van der Waals surface area contributed by atoms with Crippen molar-refractivity contribution in [2.75, 3.05) is 20.0 Å². The van der Waals surface area contributed by atoms with Gasteiger partial charge in [-0.3, -0.25) is 10.1 Å². The highest BCUT2D eigenvalue weighted by Crippen LogP contribution is 2.36. The summed E-state index contributed by atoms with van der Waals surface area (Å²) in [5.41, 5.74) is 8.19. The van der Waals surface area contributed by atoms with Gasteiger partial charge < -0.3 is 20.2 Å². The molecule has 0 atom stereocenters. The fraction of sp³-hybridized carbons (Fsp3) is 0.150. The molecule has 158 valence electrons. The number of nitrogens with one attached hydrogen (secondary N) is 1. The van der Waals surface area contributed by atoms with Crippen LogP contribution in [0.25, 0.3) is 11.2 Å². The average molecular weight is 439 g/mol. The number of hydrogen-bond acceptors (Lipinski definition) is 8. The van der Waals surface area contributed by atoms with Gasteiger partial charge in [0.1, 0.15) is 11.5 Å². The molecule has 0 aliphatic rings. The summed E-state index contributed by atoms with van der Waals surface area (Å²) < 4.78 is 12.6. The van der Waals surface area contributed by atoms with Crippen LogP contribution in [-0.4, -0.2) is 34.1 Å². The number of nitrogens with two attached hydrogens (primary N) is 1. The lowest BCUT2D eigenvalue weighted by molar-refractivity contribution is -0.667. The van der Waals surface area contributed by atoms with Crippen molar-refractivity contribution in [2.24, 2.45) is 0 Å². The van der Waals surface area contributed by atoms with Crippen LogP contribution in [0, 0.1) is 10.1 Å². The Morgan fingerprint density at radius 3 is 2.65 bits per heavy atom. The molecule has 3 N–H and O–H groups in total. The van der Waals surface area contributed by atoms with E-state index in [-0.39, 0.29) is 5.69 Å². The van der Waals surface area contributed by atoms with Crippen molar-refractivity contribution >= 4 is 34.4 Å². The van der Waals surface area contributed by atoms with Crippen molar-refractivity contribution in [3.8, 4) is 11.5 Å². The summed E-state index contributed by atoms with van der Waals surface area (Å²) in [5.74, 6) is 1.72. The first kappa shape index (κ1) is 20.4. The summed E-state index contributed by atoms with van der Waals surface area (Å²) in [4.78, 5) is 23.4. The molecule has 4 aromatic rings. The van der Waals surface area contributed by atoms with Crippen LogP contribution in [0.5, 0.6) is 11.5 Å². The number of nitro groups is 1. The molecule has 0 radical (unpaired) electrons. The number of nitro benzene ring substituents is 1. The van der Waals surface area contributed by atoms with Crippen molar-refractivity contribution in [3.63, 3.8) is 0 Å². The van der Waals surface area contributed by atoms with Gasteiger partial charge >= 0.3 is 0 Å². The van der Waals surface area contributed by atoms with Crippen molar-refractivity contribution in [1.29, 1.82) is 0 Å². The first-order valence-electron chi connectivity index (χ1n) is 9.15. The number of aromatic nitrogens is 4. The molecule has 0 saturated carbocycles. The number of nitrogens with zero attached hydrogens (tertiary/aromatic N) is 4. The third-order valence-corrected chi connectivity index (χ3v) is 5.53. The highest BCUT2D eigenvalue weighted by Gasteiger charge is 2.21. The first-order chi connectivity index (χ1) is 15.0. The second kappa shape index (κ2) is 8.48. The minimum absolute atomic E-state index is 0.0417. The molecule has 4 rings (SSSR count). The van der Waals surface area contributed by atoms with E-state index in [2.05, 4.69) is 15.0 Å².